The summed E-state index contributed by atoms with van der Waals surface area (Å²) >= 11 is 5.60. The van der Waals surface area contributed by atoms with Crippen molar-refractivity contribution in [1.29, 1.82) is 0 Å². The third kappa shape index (κ3) is 13.2. The second-order valence-electron chi connectivity index (χ2n) is 38.5. The molecule has 1 aliphatic carbocycles. The van der Waals surface area contributed by atoms with Gasteiger partial charge in [-0.2, -0.15) is 0 Å². The highest BCUT2D eigenvalue weighted by molar-refractivity contribution is 7.28. The van der Waals surface area contributed by atoms with Crippen molar-refractivity contribution in [3.05, 3.63) is 478 Å². The summed E-state index contributed by atoms with van der Waals surface area (Å²) in [7, 11) is 0. The van der Waals surface area contributed by atoms with Gasteiger partial charge in [0.1, 0.15) is 0 Å². The molecule has 0 spiro atoms. The van der Waals surface area contributed by atoms with Crippen LogP contribution in [0.25, 0.3) is 287 Å². The zero-order valence-electron chi connectivity index (χ0n) is 84.3. The van der Waals surface area contributed by atoms with Crippen LogP contribution in [0.15, 0.2) is 467 Å². The van der Waals surface area contributed by atoms with E-state index in [-0.39, 0.29) is 23.1 Å². The monoisotopic (exact) mass is 1930 g/mol. The Bertz CT molecular complexity index is 11300. The van der Waals surface area contributed by atoms with E-state index in [9.17, 15) is 0 Å². The predicted molar refractivity (Wildman–Crippen MR) is 623 cm³/mol. The lowest BCUT2D eigenvalue weighted by molar-refractivity contribution is 0.660. The lowest BCUT2D eigenvalue weighted by Crippen LogP contribution is -2.14. The minimum atomic E-state index is -0.438. The number of aromatic nitrogens is 9. The van der Waals surface area contributed by atoms with E-state index in [2.05, 4.69) is 416 Å². The van der Waals surface area contributed by atoms with Crippen LogP contribution in [0.3, 0.4) is 0 Å². The molecule has 9 aromatic heterocycles. The first kappa shape index (κ1) is 79.3. The molecule has 1 aliphatic rings. The van der Waals surface area contributed by atoms with Gasteiger partial charge in [-0.15, -0.1) is 34.0 Å². The number of para-hydroxylation sites is 6. The minimum absolute atomic E-state index is 0.0537. The van der Waals surface area contributed by atoms with Gasteiger partial charge in [0.05, 0.1) is 73.6 Å². The molecule has 686 valence electrons. The Kier molecular flexibility index (Phi) is 18.0. The smallest absolute Gasteiger partial charge is 0.160 e. The number of benzene rings is 22. The first-order valence-corrected chi connectivity index (χ1v) is 52.0. The zero-order chi connectivity index (χ0) is 101. The first-order chi connectivity index (χ1) is 74.8. The largest absolute Gasteiger partial charge is 0.309 e. The quantitative estimate of drug-likeness (QED) is 0.143. The number of rotatable bonds is 9. The molecule has 0 atom stereocenters. The van der Waals surface area contributed by atoms with Crippen LogP contribution in [0.5, 0.6) is 0 Å². The van der Waals surface area contributed by atoms with Gasteiger partial charge in [0.25, 0.3) is 0 Å². The van der Waals surface area contributed by atoms with Crippen LogP contribution in [-0.2, 0) is 5.41 Å². The number of thiophene rings is 3. The van der Waals surface area contributed by atoms with Gasteiger partial charge in [0.2, 0.25) is 0 Å². The molecule has 0 unspecified atom stereocenters. The third-order valence-corrected chi connectivity index (χ3v) is 33.6. The van der Waals surface area contributed by atoms with Crippen molar-refractivity contribution in [2.24, 2.45) is 0 Å². The Balaban J connectivity index is 0.000000105. The summed E-state index contributed by atoms with van der Waals surface area (Å²) in [6.45, 7) is 4.66. The van der Waals surface area contributed by atoms with Crippen LogP contribution >= 0.6 is 34.0 Å². The van der Waals surface area contributed by atoms with Crippen LogP contribution in [0, 0.1) is 0 Å². The van der Waals surface area contributed by atoms with Crippen LogP contribution in [0.2, 0.25) is 0 Å². The van der Waals surface area contributed by atoms with E-state index in [0.717, 1.165) is 106 Å². The minimum Gasteiger partial charge on any atom is -0.309 e. The molecular weight excluding hydrogens is 1840 g/mol. The van der Waals surface area contributed by atoms with Gasteiger partial charge in [-0.25, -0.2) is 29.9 Å². The molecule has 147 heavy (non-hydrogen) atoms. The molecular formula is C135H83N9S3. The predicted octanol–water partition coefficient (Wildman–Crippen LogP) is 37.1. The van der Waals surface area contributed by atoms with Crippen molar-refractivity contribution in [3.8, 4) is 96.1 Å². The highest BCUT2D eigenvalue weighted by Gasteiger charge is 2.37. The van der Waals surface area contributed by atoms with Crippen molar-refractivity contribution in [1.82, 2.24) is 43.6 Å². The normalized spacial score (nSPS) is 13.0. The topological polar surface area (TPSA) is 92.1 Å². The van der Waals surface area contributed by atoms with Gasteiger partial charge in [0.15, 0.2) is 17.5 Å². The number of hydrogen-bond donors (Lipinski definition) is 0. The van der Waals surface area contributed by atoms with Crippen LogP contribution in [0.4, 0.5) is 0 Å². The zero-order valence-corrected chi connectivity index (χ0v) is 81.8. The average molecular weight is 1930 g/mol. The summed E-state index contributed by atoms with van der Waals surface area (Å²) in [6, 6.07) is 153. The highest BCUT2D eigenvalue weighted by atomic mass is 32.1. The molecule has 0 aliphatic heterocycles. The Morgan fingerprint density at radius 1 is 0.218 bits per heavy atom. The molecule has 12 heteroatoms. The van der Waals surface area contributed by atoms with Gasteiger partial charge in [-0.1, -0.05) is 372 Å². The van der Waals surface area contributed by atoms with Crippen LogP contribution in [0.1, 0.15) is 31.8 Å². The molecule has 0 saturated heterocycles. The SMILES string of the molecule is CC1(C)c2ccccc2-c2ccc(-c3nc(-c4ccc(-n5c6ccccc6c6c7ccccc7c7sc8ccccc8c7c65)cc4)nc4ccccc34)cc21.[2H]c1c([2H])c([2H])c(-c2nc(-c3cccc(-n4c5ccccc5c5c6ccccc6c6sc7ccccc7c6c54)c3)nc3ccccc23)c([2H])c1[2H].c1ccc(-c2nc(-c3cccc(-n4c5ccccc5c5c6ccccc6c6sc7ccccc7c6c54)c3)nc3ccccc23)cc1. The maximum Gasteiger partial charge on any atom is 0.160 e. The first-order valence-electron chi connectivity index (χ1n) is 52.0. The molecule has 0 N–H and O–H groups in total. The van der Waals surface area contributed by atoms with Crippen molar-refractivity contribution in [2.75, 3.05) is 0 Å². The van der Waals surface area contributed by atoms with Crippen molar-refractivity contribution in [3.63, 3.8) is 0 Å². The summed E-state index contributed by atoms with van der Waals surface area (Å²) in [6.07, 6.45) is 0. The van der Waals surface area contributed by atoms with Crippen LogP contribution < -0.4 is 0 Å². The number of nitrogens with zero attached hydrogens (tertiary/aromatic N) is 9. The van der Waals surface area contributed by atoms with E-state index in [0.29, 0.717) is 22.4 Å². The van der Waals surface area contributed by atoms with Crippen molar-refractivity contribution in [2.45, 2.75) is 19.3 Å². The van der Waals surface area contributed by atoms with E-state index >= 15 is 0 Å². The van der Waals surface area contributed by atoms with Crippen molar-refractivity contribution >= 4 is 225 Å². The molecule has 0 amide bonds. The summed E-state index contributed by atoms with van der Waals surface area (Å²) in [5.74, 6) is 1.84. The molecule has 9 nitrogen and oxygen atoms in total. The molecule has 9 heterocycles. The number of hydrogen-bond acceptors (Lipinski definition) is 9. The molecule has 32 rings (SSSR count). The van der Waals surface area contributed by atoms with E-state index in [4.69, 9.17) is 36.8 Å². The van der Waals surface area contributed by atoms with Gasteiger partial charge < -0.3 is 13.7 Å². The third-order valence-electron chi connectivity index (χ3n) is 30.0. The Morgan fingerprint density at radius 3 is 0.986 bits per heavy atom. The molecule has 22 aromatic carbocycles. The fourth-order valence-corrected chi connectivity index (χ4v) is 27.3. The van der Waals surface area contributed by atoms with E-state index in [1.807, 2.05) is 82.5 Å². The molecule has 0 saturated carbocycles. The average Bonchev–Trinajstić information content (AvgIpc) is 1.54. The Morgan fingerprint density at radius 2 is 0.544 bits per heavy atom. The lowest BCUT2D eigenvalue weighted by atomic mass is 9.82. The van der Waals surface area contributed by atoms with Gasteiger partial charge >= 0.3 is 0 Å². The van der Waals surface area contributed by atoms with E-state index in [1.165, 1.54) is 164 Å². The van der Waals surface area contributed by atoms with Gasteiger partial charge in [0, 0.05) is 181 Å². The summed E-state index contributed by atoms with van der Waals surface area (Å²) in [5.41, 5.74) is 25.2. The van der Waals surface area contributed by atoms with E-state index < -0.39 is 18.1 Å². The Hall–Kier alpha value is -18.3. The molecule has 0 radical (unpaired) electrons. The molecule has 31 aromatic rings. The second-order valence-corrected chi connectivity index (χ2v) is 41.6. The van der Waals surface area contributed by atoms with Gasteiger partial charge in [-0.3, -0.25) is 0 Å². The summed E-state index contributed by atoms with van der Waals surface area (Å²) in [5, 5.41) is 25.5. The fourth-order valence-electron chi connectivity index (χ4n) is 23.6. The number of fused-ring (bicyclic) bond motifs is 36. The fraction of sp³-hybridized carbons (Fsp3) is 0.0222. The standard InChI is InChI=1S/C51H33N3S.2C42H25N3S/c1-51(2)40-19-9-5-13-33(40)34-28-25-31(29-41(34)51)47-37-16-6-10-20-42(37)52-50(53-47)30-23-26-32(27-24-30)54-43-21-11-7-17-38(43)45-35-14-3-4-15-36(35)49-46(48(45)54)39-18-8-12-22-44(39)55-49;2*1-2-13-26(14-3-1)39-31-19-6-9-22-34(31)43-42(44-39)27-15-12-16-28(25-27)45-35-23-10-7-20-32(35)37-29-17-4-5-18-30(29)41-38(40(37)45)33-21-8-11-24-36(33)46-41/h3-29H,1-2H3;2*1-25H/i;1D,2D,3D,13D,14D;. The van der Waals surface area contributed by atoms with Crippen LogP contribution in [-0.4, -0.2) is 43.6 Å². The summed E-state index contributed by atoms with van der Waals surface area (Å²) < 4.78 is 57.3. The van der Waals surface area contributed by atoms with Crippen molar-refractivity contribution < 1.29 is 6.85 Å². The van der Waals surface area contributed by atoms with Gasteiger partial charge in [-0.05, 0) is 148 Å². The maximum absolute atomic E-state index is 8.74. The summed E-state index contributed by atoms with van der Waals surface area (Å²) in [4.78, 5) is 30.7. The maximum atomic E-state index is 8.74. The second kappa shape index (κ2) is 33.4. The highest BCUT2D eigenvalue weighted by Crippen LogP contribution is 2.55. The van der Waals surface area contributed by atoms with E-state index in [1.54, 1.807) is 0 Å². The Labute approximate surface area is 862 Å². The molecule has 0 bridgehead atoms. The lowest BCUT2D eigenvalue weighted by Gasteiger charge is -2.22. The molecule has 0 fully saturated rings.